The summed E-state index contributed by atoms with van der Waals surface area (Å²) in [7, 11) is -3.74. The minimum atomic E-state index is -3.74. The van der Waals surface area contributed by atoms with Gasteiger partial charge in [0.2, 0.25) is 10.0 Å². The second-order valence-corrected chi connectivity index (χ2v) is 7.28. The monoisotopic (exact) mass is 350 g/mol. The Morgan fingerprint density at radius 1 is 1.00 bits per heavy atom. The van der Waals surface area contributed by atoms with Crippen LogP contribution in [0.2, 0.25) is 0 Å². The molecule has 6 heteroatoms. The second kappa shape index (κ2) is 8.37. The van der Waals surface area contributed by atoms with Gasteiger partial charge in [-0.2, -0.15) is 0 Å². The van der Waals surface area contributed by atoms with E-state index in [1.54, 1.807) is 0 Å². The van der Waals surface area contributed by atoms with Crippen molar-refractivity contribution >= 4 is 10.0 Å². The molecule has 130 valence electrons. The van der Waals surface area contributed by atoms with Crippen LogP contribution in [0.15, 0.2) is 53.4 Å². The molecule has 1 N–H and O–H groups in total. The molecule has 2 aromatic carbocycles. The molecule has 0 heterocycles. The first-order chi connectivity index (χ1) is 11.5. The first-order valence-corrected chi connectivity index (χ1v) is 9.49. The number of hydrogen-bond acceptors (Lipinski definition) is 3. The first kappa shape index (κ1) is 18.6. The smallest absolute Gasteiger partial charge is 0.240 e. The van der Waals surface area contributed by atoms with Crippen LogP contribution in [0.3, 0.4) is 0 Å². The minimum absolute atomic E-state index is 0.0660. The Morgan fingerprint density at radius 2 is 1.67 bits per heavy atom. The maximum absolute atomic E-state index is 13.2. The zero-order valence-corrected chi connectivity index (χ0v) is 14.8. The lowest BCUT2D eigenvalue weighted by molar-refractivity contribution is 0.295. The number of nitrogens with one attached hydrogen (secondary N) is 1. The molecule has 0 saturated carbocycles. The normalized spacial score (nSPS) is 11.8. The highest BCUT2D eigenvalue weighted by atomic mass is 32.2. The van der Waals surface area contributed by atoms with Gasteiger partial charge in [0.1, 0.15) is 5.82 Å². The van der Waals surface area contributed by atoms with Crippen molar-refractivity contribution in [3.8, 4) is 0 Å². The maximum atomic E-state index is 13.2. The molecule has 24 heavy (non-hydrogen) atoms. The van der Waals surface area contributed by atoms with Crippen molar-refractivity contribution < 1.29 is 12.8 Å². The predicted octanol–water partition coefficient (Wildman–Crippen LogP) is 3.15. The average molecular weight is 350 g/mol. The van der Waals surface area contributed by atoms with Gasteiger partial charge >= 0.3 is 0 Å². The van der Waals surface area contributed by atoms with Gasteiger partial charge in [0.25, 0.3) is 0 Å². The molecule has 0 bridgehead atoms. The fourth-order valence-electron chi connectivity index (χ4n) is 2.46. The van der Waals surface area contributed by atoms with Crippen molar-refractivity contribution in [2.45, 2.75) is 31.8 Å². The van der Waals surface area contributed by atoms with Crippen LogP contribution in [0.25, 0.3) is 0 Å². The zero-order chi connectivity index (χ0) is 17.6. The molecular formula is C18H23FN2O2S. The molecule has 0 aromatic heterocycles. The van der Waals surface area contributed by atoms with Gasteiger partial charge in [0.15, 0.2) is 0 Å². The largest absolute Gasteiger partial charge is 0.300 e. The third kappa shape index (κ3) is 4.87. The van der Waals surface area contributed by atoms with E-state index in [9.17, 15) is 12.8 Å². The van der Waals surface area contributed by atoms with Crippen LogP contribution in [-0.4, -0.2) is 26.4 Å². The summed E-state index contributed by atoms with van der Waals surface area (Å²) >= 11 is 0. The number of hydrogen-bond donors (Lipinski definition) is 1. The molecule has 0 spiro atoms. The third-order valence-corrected chi connectivity index (χ3v) is 5.36. The minimum Gasteiger partial charge on any atom is -0.300 e. The van der Waals surface area contributed by atoms with Gasteiger partial charge in [-0.1, -0.05) is 44.2 Å². The van der Waals surface area contributed by atoms with E-state index in [1.807, 2.05) is 24.3 Å². The van der Waals surface area contributed by atoms with Gasteiger partial charge in [-0.25, -0.2) is 17.5 Å². The van der Waals surface area contributed by atoms with Crippen molar-refractivity contribution in [1.82, 2.24) is 9.62 Å². The van der Waals surface area contributed by atoms with Gasteiger partial charge in [-0.15, -0.1) is 0 Å². The molecule has 2 rings (SSSR count). The highest BCUT2D eigenvalue weighted by Gasteiger charge is 2.15. The molecule has 4 nitrogen and oxygen atoms in total. The summed E-state index contributed by atoms with van der Waals surface area (Å²) in [6.45, 7) is 7.00. The van der Waals surface area contributed by atoms with Crippen molar-refractivity contribution in [3.63, 3.8) is 0 Å². The van der Waals surface area contributed by atoms with Crippen LogP contribution >= 0.6 is 0 Å². The maximum Gasteiger partial charge on any atom is 0.240 e. The lowest BCUT2D eigenvalue weighted by Crippen LogP contribution is -2.26. The predicted molar refractivity (Wildman–Crippen MR) is 93.5 cm³/mol. The number of rotatable bonds is 8. The molecule has 0 atom stereocenters. The summed E-state index contributed by atoms with van der Waals surface area (Å²) in [6, 6.07) is 12.8. The van der Waals surface area contributed by atoms with Crippen molar-refractivity contribution in [2.75, 3.05) is 13.1 Å². The molecule has 2 aromatic rings. The van der Waals surface area contributed by atoms with Gasteiger partial charge < -0.3 is 0 Å². The van der Waals surface area contributed by atoms with E-state index in [2.05, 4.69) is 23.5 Å². The molecule has 0 aliphatic heterocycles. The first-order valence-electron chi connectivity index (χ1n) is 8.00. The fourth-order valence-corrected chi connectivity index (χ4v) is 3.50. The standard InChI is InChI=1S/C18H23FN2O2S/c1-3-21(4-2)14-16-9-6-5-8-15(16)13-20-24(22,23)18-11-7-10-17(19)12-18/h5-12,20H,3-4,13-14H2,1-2H3. The topological polar surface area (TPSA) is 49.4 Å². The Hall–Kier alpha value is -1.76. The SMILES string of the molecule is CCN(CC)Cc1ccccc1CNS(=O)(=O)c1cccc(F)c1. The Morgan fingerprint density at radius 3 is 2.29 bits per heavy atom. The van der Waals surface area contributed by atoms with Crippen molar-refractivity contribution in [3.05, 3.63) is 65.5 Å². The van der Waals surface area contributed by atoms with E-state index in [4.69, 9.17) is 0 Å². The Labute approximate surface area is 143 Å². The highest BCUT2D eigenvalue weighted by Crippen LogP contribution is 2.14. The zero-order valence-electron chi connectivity index (χ0n) is 14.0. The van der Waals surface area contributed by atoms with Crippen LogP contribution in [0.1, 0.15) is 25.0 Å². The molecule has 0 saturated heterocycles. The number of sulfonamides is 1. The number of halogens is 1. The van der Waals surface area contributed by atoms with E-state index in [0.29, 0.717) is 0 Å². The summed E-state index contributed by atoms with van der Waals surface area (Å²) in [5, 5.41) is 0. The van der Waals surface area contributed by atoms with E-state index in [0.717, 1.165) is 36.8 Å². The quantitative estimate of drug-likeness (QED) is 0.796. The van der Waals surface area contributed by atoms with Gasteiger partial charge in [-0.05, 0) is 42.4 Å². The Bertz CT molecular complexity index is 774. The Balaban J connectivity index is 2.14. The molecule has 0 aliphatic rings. The molecule has 0 aliphatic carbocycles. The third-order valence-electron chi connectivity index (χ3n) is 3.97. The van der Waals surface area contributed by atoms with E-state index in [1.165, 1.54) is 18.2 Å². The fraction of sp³-hybridized carbons (Fsp3) is 0.333. The van der Waals surface area contributed by atoms with E-state index < -0.39 is 15.8 Å². The van der Waals surface area contributed by atoms with Crippen LogP contribution in [-0.2, 0) is 23.1 Å². The van der Waals surface area contributed by atoms with Crippen LogP contribution in [0.5, 0.6) is 0 Å². The van der Waals surface area contributed by atoms with Crippen molar-refractivity contribution in [1.29, 1.82) is 0 Å². The van der Waals surface area contributed by atoms with E-state index >= 15 is 0 Å². The lowest BCUT2D eigenvalue weighted by atomic mass is 10.1. The summed E-state index contributed by atoms with van der Waals surface area (Å²) in [5.41, 5.74) is 2.01. The summed E-state index contributed by atoms with van der Waals surface area (Å²) < 4.78 is 40.4. The van der Waals surface area contributed by atoms with E-state index in [-0.39, 0.29) is 11.4 Å². The van der Waals surface area contributed by atoms with Gasteiger partial charge in [-0.3, -0.25) is 4.90 Å². The van der Waals surface area contributed by atoms with Gasteiger partial charge in [0.05, 0.1) is 4.90 Å². The number of nitrogens with zero attached hydrogens (tertiary/aromatic N) is 1. The lowest BCUT2D eigenvalue weighted by Gasteiger charge is -2.20. The highest BCUT2D eigenvalue weighted by molar-refractivity contribution is 7.89. The van der Waals surface area contributed by atoms with Gasteiger partial charge in [0, 0.05) is 13.1 Å². The number of benzene rings is 2. The molecule has 0 radical (unpaired) electrons. The summed E-state index contributed by atoms with van der Waals surface area (Å²) in [4.78, 5) is 2.20. The van der Waals surface area contributed by atoms with Crippen LogP contribution in [0, 0.1) is 5.82 Å². The summed E-state index contributed by atoms with van der Waals surface area (Å²) in [5.74, 6) is -0.570. The molecule has 0 unspecified atom stereocenters. The molecule has 0 fully saturated rings. The average Bonchev–Trinajstić information content (AvgIpc) is 2.58. The van der Waals surface area contributed by atoms with Crippen molar-refractivity contribution in [2.24, 2.45) is 0 Å². The molecule has 0 amide bonds. The van der Waals surface area contributed by atoms with Crippen LogP contribution < -0.4 is 4.72 Å². The molecular weight excluding hydrogens is 327 g/mol. The summed E-state index contributed by atoms with van der Waals surface area (Å²) in [6.07, 6.45) is 0. The Kier molecular flexibility index (Phi) is 6.48. The second-order valence-electron chi connectivity index (χ2n) is 5.51. The van der Waals surface area contributed by atoms with Crippen LogP contribution in [0.4, 0.5) is 4.39 Å².